The van der Waals surface area contributed by atoms with E-state index < -0.39 is 21.2 Å². The van der Waals surface area contributed by atoms with Crippen molar-refractivity contribution in [1.82, 2.24) is 15.2 Å². The van der Waals surface area contributed by atoms with Crippen molar-refractivity contribution < 1.29 is 13.2 Å². The molecule has 0 aliphatic carbocycles. The van der Waals surface area contributed by atoms with Crippen LogP contribution in [0.3, 0.4) is 0 Å². The monoisotopic (exact) mass is 448 g/mol. The van der Waals surface area contributed by atoms with Gasteiger partial charge in [0.05, 0.1) is 9.92 Å². The number of hydrogen-bond donors (Lipinski definition) is 2. The summed E-state index contributed by atoms with van der Waals surface area (Å²) in [6.45, 7) is 5.50. The number of hydrogen-bond acceptors (Lipinski definition) is 5. The predicted octanol–water partition coefficient (Wildman–Crippen LogP) is 3.83. The van der Waals surface area contributed by atoms with Gasteiger partial charge in [-0.05, 0) is 61.8 Å². The van der Waals surface area contributed by atoms with Crippen LogP contribution in [0.1, 0.15) is 24.8 Å². The second-order valence-corrected chi connectivity index (χ2v) is 9.59. The van der Waals surface area contributed by atoms with Gasteiger partial charge in [0, 0.05) is 24.6 Å². The van der Waals surface area contributed by atoms with E-state index in [4.69, 9.17) is 11.6 Å². The lowest BCUT2D eigenvalue weighted by molar-refractivity contribution is 0.229. The number of rotatable bonds is 7. The maximum atomic E-state index is 13.1. The van der Waals surface area contributed by atoms with Crippen molar-refractivity contribution >= 4 is 33.2 Å². The minimum atomic E-state index is -3.59. The molecule has 1 aromatic carbocycles. The number of aromatic nitrogens is 1. The molecule has 0 saturated carbocycles. The number of nitrogens with zero attached hydrogens (tertiary/aromatic N) is 2. The summed E-state index contributed by atoms with van der Waals surface area (Å²) in [7, 11) is -3.59. The molecule has 1 aliphatic heterocycles. The first-order valence-corrected chi connectivity index (χ1v) is 11.7. The van der Waals surface area contributed by atoms with Gasteiger partial charge in [-0.1, -0.05) is 24.1 Å². The summed E-state index contributed by atoms with van der Waals surface area (Å²) in [5.41, 5.74) is 1.26. The molecule has 160 valence electrons. The van der Waals surface area contributed by atoms with E-state index in [2.05, 4.69) is 22.2 Å². The average molecular weight is 449 g/mol. The number of piperidine rings is 1. The number of benzene rings is 1. The molecule has 30 heavy (non-hydrogen) atoms. The number of carbonyl (C=O) groups is 1. The maximum absolute atomic E-state index is 13.1. The van der Waals surface area contributed by atoms with Crippen LogP contribution < -0.4 is 10.6 Å². The minimum Gasteiger partial charge on any atom is -0.334 e. The van der Waals surface area contributed by atoms with Crippen LogP contribution in [0, 0.1) is 0 Å². The molecular formula is C21H25ClN4O3S. The van der Waals surface area contributed by atoms with Gasteiger partial charge in [0.25, 0.3) is 0 Å². The first-order chi connectivity index (χ1) is 14.4. The summed E-state index contributed by atoms with van der Waals surface area (Å²) in [5, 5.41) is 5.14. The number of halogens is 1. The third kappa shape index (κ3) is 5.59. The number of pyridine rings is 1. The van der Waals surface area contributed by atoms with Crippen LogP contribution in [0.5, 0.6) is 0 Å². The number of amides is 2. The summed E-state index contributed by atoms with van der Waals surface area (Å²) in [6, 6.07) is 7.46. The summed E-state index contributed by atoms with van der Waals surface area (Å²) in [4.78, 5) is 18.2. The van der Waals surface area contributed by atoms with E-state index in [1.54, 1.807) is 24.4 Å². The van der Waals surface area contributed by atoms with E-state index in [0.717, 1.165) is 37.9 Å². The molecule has 1 aliphatic rings. The summed E-state index contributed by atoms with van der Waals surface area (Å²) in [5.74, 6) is 0. The molecule has 9 heteroatoms. The van der Waals surface area contributed by atoms with Gasteiger partial charge in [-0.2, -0.15) is 0 Å². The third-order valence-electron chi connectivity index (χ3n) is 4.93. The Hall–Kier alpha value is -2.42. The van der Waals surface area contributed by atoms with Gasteiger partial charge in [0.15, 0.2) is 9.84 Å². The van der Waals surface area contributed by atoms with Gasteiger partial charge < -0.3 is 10.6 Å². The van der Waals surface area contributed by atoms with Crippen molar-refractivity contribution in [2.24, 2.45) is 0 Å². The summed E-state index contributed by atoms with van der Waals surface area (Å²) < 4.78 is 26.1. The van der Waals surface area contributed by atoms with Crippen LogP contribution in [-0.2, 0) is 16.4 Å². The smallest absolute Gasteiger partial charge is 0.319 e. The Morgan fingerprint density at radius 2 is 1.90 bits per heavy atom. The first kappa shape index (κ1) is 22.3. The predicted molar refractivity (Wildman–Crippen MR) is 118 cm³/mol. The molecule has 3 rings (SSSR count). The lowest BCUT2D eigenvalue weighted by atomic mass is 10.1. The Bertz CT molecular complexity index is 990. The third-order valence-corrected chi connectivity index (χ3v) is 7.19. The zero-order chi connectivity index (χ0) is 21.6. The Morgan fingerprint density at radius 3 is 2.53 bits per heavy atom. The quantitative estimate of drug-likeness (QED) is 0.628. The van der Waals surface area contributed by atoms with Crippen molar-refractivity contribution in [2.75, 3.05) is 18.4 Å². The van der Waals surface area contributed by atoms with Gasteiger partial charge in [0.1, 0.15) is 5.37 Å². The Balaban J connectivity index is 1.62. The van der Waals surface area contributed by atoms with E-state index in [0.29, 0.717) is 10.7 Å². The van der Waals surface area contributed by atoms with E-state index >= 15 is 0 Å². The maximum Gasteiger partial charge on any atom is 0.319 e. The molecule has 0 spiro atoms. The van der Waals surface area contributed by atoms with Crippen molar-refractivity contribution in [3.63, 3.8) is 0 Å². The fourth-order valence-corrected chi connectivity index (χ4v) is 5.27. The number of sulfone groups is 1. The second-order valence-electron chi connectivity index (χ2n) is 7.11. The number of urea groups is 1. The minimum absolute atomic E-state index is 0.203. The molecule has 1 fully saturated rings. The van der Waals surface area contributed by atoms with Gasteiger partial charge >= 0.3 is 6.03 Å². The molecule has 2 amide bonds. The van der Waals surface area contributed by atoms with E-state index in [1.165, 1.54) is 24.4 Å². The highest BCUT2D eigenvalue weighted by Gasteiger charge is 2.31. The number of anilines is 1. The number of nitrogens with one attached hydrogen (secondary N) is 2. The van der Waals surface area contributed by atoms with Crippen molar-refractivity contribution in [1.29, 1.82) is 0 Å². The molecule has 2 N–H and O–H groups in total. The lowest BCUT2D eigenvalue weighted by Gasteiger charge is -2.32. The van der Waals surface area contributed by atoms with Crippen LogP contribution >= 0.6 is 11.6 Å². The topological polar surface area (TPSA) is 91.4 Å². The highest BCUT2D eigenvalue weighted by Crippen LogP contribution is 2.24. The normalized spacial score (nSPS) is 15.9. The second kappa shape index (κ2) is 10.1. The molecule has 2 aromatic rings. The molecule has 0 bridgehead atoms. The Morgan fingerprint density at radius 1 is 1.20 bits per heavy atom. The first-order valence-electron chi connectivity index (χ1n) is 9.75. The summed E-state index contributed by atoms with van der Waals surface area (Å²) in [6.07, 6.45) is 7.72. The highest BCUT2D eigenvalue weighted by molar-refractivity contribution is 7.92. The van der Waals surface area contributed by atoms with E-state index in [1.807, 2.05) is 4.90 Å². The van der Waals surface area contributed by atoms with Gasteiger partial charge in [0.2, 0.25) is 0 Å². The van der Waals surface area contributed by atoms with Crippen molar-refractivity contribution in [3.8, 4) is 0 Å². The fraction of sp³-hybridized carbons (Fsp3) is 0.333. The van der Waals surface area contributed by atoms with Crippen molar-refractivity contribution in [2.45, 2.75) is 36.1 Å². The largest absolute Gasteiger partial charge is 0.334 e. The van der Waals surface area contributed by atoms with Crippen LogP contribution in [0.15, 0.2) is 60.3 Å². The standard InChI is InChI=1S/C21H25ClN4O3S/c1-2-20(26-10-4-3-5-11-26)30(28,29)19-8-6-18(7-9-19)25-21(27)24-14-16-12-17(22)15-23-13-16/h2,6-9,12-13,15,20H,1,3-5,10-11,14H2,(H2,24,25,27). The molecule has 0 radical (unpaired) electrons. The summed E-state index contributed by atoms with van der Waals surface area (Å²) >= 11 is 5.87. The molecule has 1 saturated heterocycles. The zero-order valence-electron chi connectivity index (χ0n) is 16.6. The highest BCUT2D eigenvalue weighted by atomic mass is 35.5. The van der Waals surface area contributed by atoms with Gasteiger partial charge in [-0.25, -0.2) is 13.2 Å². The van der Waals surface area contributed by atoms with Gasteiger partial charge in [-0.15, -0.1) is 6.58 Å². The van der Waals surface area contributed by atoms with E-state index in [-0.39, 0.29) is 11.4 Å². The van der Waals surface area contributed by atoms with E-state index in [9.17, 15) is 13.2 Å². The van der Waals surface area contributed by atoms with Gasteiger partial charge in [-0.3, -0.25) is 9.88 Å². The van der Waals surface area contributed by atoms with Crippen LogP contribution in [0.4, 0.5) is 10.5 Å². The van der Waals surface area contributed by atoms with Crippen molar-refractivity contribution in [3.05, 3.63) is 66.0 Å². The number of likely N-dealkylation sites (tertiary alicyclic amines) is 1. The van der Waals surface area contributed by atoms with Crippen LogP contribution in [-0.4, -0.2) is 42.8 Å². The molecular weight excluding hydrogens is 424 g/mol. The fourth-order valence-electron chi connectivity index (χ4n) is 3.42. The Kier molecular flexibility index (Phi) is 7.47. The van der Waals surface area contributed by atoms with Crippen LogP contribution in [0.2, 0.25) is 5.02 Å². The molecule has 2 heterocycles. The Labute approximate surface area is 182 Å². The molecule has 1 aromatic heterocycles. The SMILES string of the molecule is C=CC(N1CCCCC1)S(=O)(=O)c1ccc(NC(=O)NCc2cncc(Cl)c2)cc1. The number of carbonyl (C=O) groups excluding carboxylic acids is 1. The molecule has 7 nitrogen and oxygen atoms in total. The molecule has 1 atom stereocenters. The average Bonchev–Trinajstić information content (AvgIpc) is 2.74. The zero-order valence-corrected chi connectivity index (χ0v) is 18.1. The molecule has 1 unspecified atom stereocenters. The van der Waals surface area contributed by atoms with Crippen LogP contribution in [0.25, 0.3) is 0 Å². The lowest BCUT2D eigenvalue weighted by Crippen LogP contribution is -2.42.